The van der Waals surface area contributed by atoms with Crippen LogP contribution in [-0.4, -0.2) is 57.2 Å². The summed E-state index contributed by atoms with van der Waals surface area (Å²) in [6, 6.07) is 5.77. The highest BCUT2D eigenvalue weighted by Crippen LogP contribution is 2.60. The van der Waals surface area contributed by atoms with Gasteiger partial charge in [-0.15, -0.1) is 0 Å². The average molecular weight is 520 g/mol. The molecule has 9 heteroatoms. The molecule has 0 aromatic heterocycles. The van der Waals surface area contributed by atoms with E-state index in [0.717, 1.165) is 31.2 Å². The maximum atomic E-state index is 12.5. The van der Waals surface area contributed by atoms with Crippen molar-refractivity contribution in [1.29, 1.82) is 0 Å². The maximum Gasteiger partial charge on any atom is 0.222 e. The fourth-order valence-electron chi connectivity index (χ4n) is 6.80. The lowest BCUT2D eigenvalue weighted by Gasteiger charge is -2.60. The molecule has 1 aromatic rings. The van der Waals surface area contributed by atoms with Crippen LogP contribution in [0.25, 0.3) is 0 Å². The third-order valence-corrected chi connectivity index (χ3v) is 8.89. The van der Waals surface area contributed by atoms with Gasteiger partial charge in [-0.05, 0) is 62.1 Å². The van der Waals surface area contributed by atoms with Crippen LogP contribution < -0.4 is 14.8 Å². The molecule has 1 aliphatic carbocycles. The lowest BCUT2D eigenvalue weighted by molar-refractivity contribution is -0.577. The molecule has 9 nitrogen and oxygen atoms in total. The Kier molecular flexibility index (Phi) is 7.71. The number of carbonyl (C=O) groups excluding carboxylic acids is 1. The summed E-state index contributed by atoms with van der Waals surface area (Å²) in [6.45, 7) is 7.17. The Bertz CT molecular complexity index is 974. The molecule has 1 saturated carbocycles. The van der Waals surface area contributed by atoms with Crippen molar-refractivity contribution in [3.8, 4) is 11.5 Å². The number of amides is 1. The Morgan fingerprint density at radius 1 is 1.08 bits per heavy atom. The van der Waals surface area contributed by atoms with Gasteiger partial charge in [-0.2, -0.15) is 0 Å². The quantitative estimate of drug-likeness (QED) is 0.490. The summed E-state index contributed by atoms with van der Waals surface area (Å²) < 4.78 is 29.5. The van der Waals surface area contributed by atoms with E-state index in [0.29, 0.717) is 36.3 Å². The number of hydrogen-bond donors (Lipinski definition) is 1. The van der Waals surface area contributed by atoms with E-state index in [-0.39, 0.29) is 30.8 Å². The first-order valence-electron chi connectivity index (χ1n) is 13.6. The lowest BCUT2D eigenvalue weighted by Crippen LogP contribution is -2.70. The van der Waals surface area contributed by atoms with Crippen LogP contribution in [0.4, 0.5) is 0 Å². The molecule has 4 aliphatic heterocycles. The van der Waals surface area contributed by atoms with Crippen LogP contribution in [0.2, 0.25) is 0 Å². The molecular formula is C28H41NO8. The number of nitrogens with one attached hydrogen (secondary N) is 1. The summed E-state index contributed by atoms with van der Waals surface area (Å²) in [4.78, 5) is 24.5. The minimum absolute atomic E-state index is 0.0546. The normalized spacial score (nSPS) is 38.4. The van der Waals surface area contributed by atoms with Crippen molar-refractivity contribution in [3.63, 3.8) is 0 Å². The van der Waals surface area contributed by atoms with Crippen LogP contribution in [0.5, 0.6) is 11.5 Å². The number of methoxy groups -OCH3 is 2. The molecule has 4 saturated heterocycles. The van der Waals surface area contributed by atoms with E-state index < -0.39 is 24.0 Å². The summed E-state index contributed by atoms with van der Waals surface area (Å²) in [7, 11) is 3.22. The zero-order valence-corrected chi connectivity index (χ0v) is 22.6. The van der Waals surface area contributed by atoms with Gasteiger partial charge in [-0.1, -0.05) is 19.9 Å². The summed E-state index contributed by atoms with van der Waals surface area (Å²) in [5, 5.41) is 2.97. The first-order valence-corrected chi connectivity index (χ1v) is 13.6. The molecule has 1 N–H and O–H groups in total. The van der Waals surface area contributed by atoms with E-state index in [9.17, 15) is 4.79 Å². The van der Waals surface area contributed by atoms with Crippen molar-refractivity contribution in [2.24, 2.45) is 23.7 Å². The van der Waals surface area contributed by atoms with Gasteiger partial charge < -0.3 is 29.0 Å². The summed E-state index contributed by atoms with van der Waals surface area (Å²) in [5.74, 6) is 1.63. The predicted molar refractivity (Wildman–Crippen MR) is 134 cm³/mol. The number of hydrogen-bond acceptors (Lipinski definition) is 8. The molecule has 1 spiro atoms. The van der Waals surface area contributed by atoms with E-state index in [1.54, 1.807) is 14.2 Å². The lowest BCUT2D eigenvalue weighted by atomic mass is 9.58. The summed E-state index contributed by atoms with van der Waals surface area (Å²) >= 11 is 0. The minimum atomic E-state index is -0.809. The molecular weight excluding hydrogens is 478 g/mol. The zero-order valence-electron chi connectivity index (χ0n) is 22.6. The van der Waals surface area contributed by atoms with Gasteiger partial charge >= 0.3 is 0 Å². The third kappa shape index (κ3) is 4.96. The minimum Gasteiger partial charge on any atom is -0.493 e. The molecule has 8 atom stereocenters. The van der Waals surface area contributed by atoms with Gasteiger partial charge in [0.05, 0.1) is 27.2 Å². The number of ether oxygens (including phenoxy) is 5. The topological polar surface area (TPSA) is 93.7 Å². The highest BCUT2D eigenvalue weighted by molar-refractivity contribution is 5.75. The standard InChI is InChI=1S/C28H41NO8/c1-17-6-8-21-18(2)25(34-26-28(21)20(17)10-13-27(3,35-26)36-37-28)33-15-12-24(30)29-14-11-19-7-9-22(31-4)23(16-19)32-5/h7,9,16-18,20-21,25-26H,6,8,10-15H2,1-5H3,(H,29,30)/t17-,18-,20-,21-,25-,26-,27-,28-/m1/s1. The van der Waals surface area contributed by atoms with Crippen molar-refractivity contribution in [2.75, 3.05) is 27.4 Å². The Hall–Kier alpha value is -1.91. The monoisotopic (exact) mass is 519 g/mol. The van der Waals surface area contributed by atoms with Crippen molar-refractivity contribution >= 4 is 5.91 Å². The number of fused-ring (bicyclic) bond motifs is 2. The van der Waals surface area contributed by atoms with Crippen LogP contribution in [0, 0.1) is 23.7 Å². The second-order valence-corrected chi connectivity index (χ2v) is 11.2. The van der Waals surface area contributed by atoms with Crippen LogP contribution >= 0.6 is 0 Å². The van der Waals surface area contributed by atoms with Gasteiger partial charge in [-0.25, -0.2) is 9.78 Å². The summed E-state index contributed by atoms with van der Waals surface area (Å²) in [6.07, 6.45) is 3.89. The Morgan fingerprint density at radius 3 is 2.68 bits per heavy atom. The van der Waals surface area contributed by atoms with Crippen LogP contribution in [0.3, 0.4) is 0 Å². The Balaban J connectivity index is 1.13. The summed E-state index contributed by atoms with van der Waals surface area (Å²) in [5.41, 5.74) is 0.458. The molecule has 4 heterocycles. The fraction of sp³-hybridized carbons (Fsp3) is 0.750. The average Bonchev–Trinajstić information content (AvgIpc) is 3.12. The molecule has 6 rings (SSSR count). The fourth-order valence-corrected chi connectivity index (χ4v) is 6.80. The maximum absolute atomic E-state index is 12.5. The highest BCUT2D eigenvalue weighted by atomic mass is 17.3. The van der Waals surface area contributed by atoms with Gasteiger partial charge in [-0.3, -0.25) is 4.79 Å². The molecule has 206 valence electrons. The van der Waals surface area contributed by atoms with Gasteiger partial charge in [0.2, 0.25) is 11.7 Å². The predicted octanol–water partition coefficient (Wildman–Crippen LogP) is 3.98. The van der Waals surface area contributed by atoms with E-state index in [2.05, 4.69) is 19.2 Å². The molecule has 0 radical (unpaired) electrons. The third-order valence-electron chi connectivity index (χ3n) is 8.89. The van der Waals surface area contributed by atoms with Crippen molar-refractivity contribution in [2.45, 2.75) is 83.3 Å². The number of carbonyl (C=O) groups is 1. The smallest absolute Gasteiger partial charge is 0.222 e. The molecule has 0 unspecified atom stereocenters. The van der Waals surface area contributed by atoms with E-state index in [1.807, 2.05) is 25.1 Å². The molecule has 5 fully saturated rings. The van der Waals surface area contributed by atoms with Gasteiger partial charge in [0.25, 0.3) is 0 Å². The highest BCUT2D eigenvalue weighted by Gasteiger charge is 2.69. The number of benzene rings is 1. The van der Waals surface area contributed by atoms with Crippen LogP contribution in [0.1, 0.15) is 58.4 Å². The van der Waals surface area contributed by atoms with Crippen molar-refractivity contribution in [3.05, 3.63) is 23.8 Å². The van der Waals surface area contributed by atoms with E-state index in [1.165, 1.54) is 0 Å². The van der Waals surface area contributed by atoms with Gasteiger partial charge in [0.15, 0.2) is 29.7 Å². The number of rotatable bonds is 9. The van der Waals surface area contributed by atoms with Crippen molar-refractivity contribution < 1.29 is 38.3 Å². The second-order valence-electron chi connectivity index (χ2n) is 11.2. The van der Waals surface area contributed by atoms with Crippen molar-refractivity contribution in [1.82, 2.24) is 5.32 Å². The van der Waals surface area contributed by atoms with E-state index in [4.69, 9.17) is 33.5 Å². The Morgan fingerprint density at radius 2 is 1.89 bits per heavy atom. The molecule has 5 aliphatic rings. The van der Waals surface area contributed by atoms with Crippen LogP contribution in [0.15, 0.2) is 18.2 Å². The zero-order chi connectivity index (χ0) is 26.2. The largest absolute Gasteiger partial charge is 0.493 e. The van der Waals surface area contributed by atoms with Gasteiger partial charge in [0.1, 0.15) is 0 Å². The SMILES string of the molecule is COc1ccc(CCNC(=O)CCO[C@@H]2O[C@@H]3O[C@@]4(C)CC[C@@H]5[C@H](C)CC[C@H]([C@H]2C)[C@@]35OO4)cc1OC. The first kappa shape index (κ1) is 26.7. The van der Waals surface area contributed by atoms with E-state index >= 15 is 0 Å². The first-order chi connectivity index (χ1) is 17.8. The van der Waals surface area contributed by atoms with Crippen LogP contribution in [-0.2, 0) is 35.2 Å². The molecule has 2 bridgehead atoms. The molecule has 1 amide bonds. The van der Waals surface area contributed by atoms with Gasteiger partial charge in [0, 0.05) is 24.8 Å². The molecule has 37 heavy (non-hydrogen) atoms. The Labute approximate surface area is 219 Å². The second kappa shape index (κ2) is 10.7. The molecule has 1 aromatic carbocycles.